The van der Waals surface area contributed by atoms with Crippen LogP contribution in [0, 0.1) is 0 Å². The van der Waals surface area contributed by atoms with Gasteiger partial charge in [-0.25, -0.2) is 0 Å². The number of amides is 2. The Morgan fingerprint density at radius 1 is 1.23 bits per heavy atom. The number of para-hydroxylation sites is 1. The Kier molecular flexibility index (Phi) is 8.50. The summed E-state index contributed by atoms with van der Waals surface area (Å²) < 4.78 is 5.23. The van der Waals surface area contributed by atoms with Gasteiger partial charge in [-0.05, 0) is 48.4 Å². The van der Waals surface area contributed by atoms with E-state index in [4.69, 9.17) is 4.74 Å². The zero-order valence-corrected chi connectivity index (χ0v) is 16.6. The van der Waals surface area contributed by atoms with Crippen LogP contribution in [0.1, 0.15) is 21.7 Å². The Morgan fingerprint density at radius 3 is 2.73 bits per heavy atom. The van der Waals surface area contributed by atoms with Crippen molar-refractivity contribution in [2.75, 3.05) is 25.7 Å². The van der Waals surface area contributed by atoms with E-state index in [0.717, 1.165) is 12.2 Å². The van der Waals surface area contributed by atoms with Crippen molar-refractivity contribution in [3.05, 3.63) is 52.2 Å². The van der Waals surface area contributed by atoms with E-state index in [2.05, 4.69) is 10.6 Å². The average Bonchev–Trinajstić information content (AvgIpc) is 3.18. The summed E-state index contributed by atoms with van der Waals surface area (Å²) in [6, 6.07) is 10.5. The molecule has 7 heteroatoms. The van der Waals surface area contributed by atoms with Gasteiger partial charge < -0.3 is 15.4 Å². The van der Waals surface area contributed by atoms with Crippen molar-refractivity contribution in [3.63, 3.8) is 0 Å². The molecular formula is C19H24N2O3S2. The second kappa shape index (κ2) is 10.9. The lowest BCUT2D eigenvalue weighted by Gasteiger charge is -2.19. The molecule has 2 aromatic rings. The molecule has 1 aromatic carbocycles. The van der Waals surface area contributed by atoms with Crippen LogP contribution in [0.3, 0.4) is 0 Å². The van der Waals surface area contributed by atoms with Gasteiger partial charge in [0.2, 0.25) is 5.91 Å². The van der Waals surface area contributed by atoms with Gasteiger partial charge in [0.05, 0.1) is 12.7 Å². The third-order valence-corrected chi connectivity index (χ3v) is 5.41. The minimum absolute atomic E-state index is 0.154. The number of carbonyl (C=O) groups is 2. The van der Waals surface area contributed by atoms with Crippen LogP contribution in [0.5, 0.6) is 5.75 Å². The first-order chi connectivity index (χ1) is 12.7. The number of hydrogen-bond acceptors (Lipinski definition) is 5. The molecule has 0 spiro atoms. The van der Waals surface area contributed by atoms with Crippen molar-refractivity contribution in [1.29, 1.82) is 0 Å². The van der Waals surface area contributed by atoms with Gasteiger partial charge in [-0.3, -0.25) is 9.59 Å². The number of methoxy groups -OCH3 is 1. The maximum Gasteiger partial charge on any atom is 0.255 e. The van der Waals surface area contributed by atoms with E-state index in [9.17, 15) is 9.59 Å². The van der Waals surface area contributed by atoms with Crippen LogP contribution in [0.2, 0.25) is 0 Å². The minimum atomic E-state index is -0.566. The topological polar surface area (TPSA) is 67.4 Å². The molecule has 26 heavy (non-hydrogen) atoms. The van der Waals surface area contributed by atoms with Gasteiger partial charge >= 0.3 is 0 Å². The summed E-state index contributed by atoms with van der Waals surface area (Å²) in [7, 11) is 1.52. The highest BCUT2D eigenvalue weighted by molar-refractivity contribution is 7.98. The lowest BCUT2D eigenvalue weighted by Crippen LogP contribution is -2.47. The number of thiophene rings is 1. The molecule has 0 aliphatic heterocycles. The largest absolute Gasteiger partial charge is 0.496 e. The summed E-state index contributed by atoms with van der Waals surface area (Å²) in [5.74, 6) is 0.822. The molecule has 0 saturated heterocycles. The Bertz CT molecular complexity index is 705. The molecule has 0 aliphatic rings. The van der Waals surface area contributed by atoms with Crippen molar-refractivity contribution in [3.8, 4) is 5.75 Å². The van der Waals surface area contributed by atoms with Gasteiger partial charge in [0.15, 0.2) is 0 Å². The molecule has 1 unspecified atom stereocenters. The fourth-order valence-corrected chi connectivity index (χ4v) is 3.64. The molecule has 2 amide bonds. The molecule has 140 valence electrons. The molecule has 0 aliphatic carbocycles. The molecule has 0 bridgehead atoms. The van der Waals surface area contributed by atoms with E-state index < -0.39 is 6.04 Å². The van der Waals surface area contributed by atoms with E-state index in [1.165, 1.54) is 12.0 Å². The molecule has 2 N–H and O–H groups in total. The lowest BCUT2D eigenvalue weighted by molar-refractivity contribution is -0.122. The number of carbonyl (C=O) groups excluding carboxylic acids is 2. The first-order valence-corrected chi connectivity index (χ1v) is 10.7. The quantitative estimate of drug-likeness (QED) is 0.652. The zero-order valence-electron chi connectivity index (χ0n) is 15.0. The van der Waals surface area contributed by atoms with E-state index in [1.54, 1.807) is 47.4 Å². The van der Waals surface area contributed by atoms with Crippen molar-refractivity contribution < 1.29 is 14.3 Å². The fraction of sp³-hybridized carbons (Fsp3) is 0.368. The number of nitrogens with one attached hydrogen (secondary N) is 2. The van der Waals surface area contributed by atoms with Gasteiger partial charge in [-0.2, -0.15) is 11.8 Å². The van der Waals surface area contributed by atoms with Gasteiger partial charge in [-0.15, -0.1) is 11.3 Å². The normalized spacial score (nSPS) is 11.6. The molecule has 0 saturated carbocycles. The van der Waals surface area contributed by atoms with Crippen LogP contribution in [-0.4, -0.2) is 43.5 Å². The molecule has 2 rings (SSSR count). The number of benzene rings is 1. The van der Waals surface area contributed by atoms with E-state index >= 15 is 0 Å². The second-order valence-electron chi connectivity index (χ2n) is 5.63. The summed E-state index contributed by atoms with van der Waals surface area (Å²) in [4.78, 5) is 26.3. The Labute approximate surface area is 162 Å². The van der Waals surface area contributed by atoms with Crippen LogP contribution < -0.4 is 15.4 Å². The van der Waals surface area contributed by atoms with E-state index in [1.807, 2.05) is 23.8 Å². The van der Waals surface area contributed by atoms with Crippen molar-refractivity contribution >= 4 is 34.9 Å². The average molecular weight is 393 g/mol. The number of hydrogen-bond donors (Lipinski definition) is 2. The van der Waals surface area contributed by atoms with Gasteiger partial charge in [0.25, 0.3) is 5.91 Å². The highest BCUT2D eigenvalue weighted by Crippen LogP contribution is 2.17. The van der Waals surface area contributed by atoms with Crippen LogP contribution in [0.25, 0.3) is 0 Å². The highest BCUT2D eigenvalue weighted by atomic mass is 32.2. The zero-order chi connectivity index (χ0) is 18.8. The van der Waals surface area contributed by atoms with E-state index in [-0.39, 0.29) is 11.8 Å². The third kappa shape index (κ3) is 6.07. The summed E-state index contributed by atoms with van der Waals surface area (Å²) in [6.45, 7) is 0.555. The summed E-state index contributed by atoms with van der Waals surface area (Å²) in [5, 5.41) is 7.79. The molecule has 1 aromatic heterocycles. The smallest absolute Gasteiger partial charge is 0.255 e. The van der Waals surface area contributed by atoms with Crippen molar-refractivity contribution in [1.82, 2.24) is 10.6 Å². The SMILES string of the molecule is COc1ccccc1C(=O)NC(CCSC)C(=O)NCCc1cccs1. The molecule has 0 fully saturated rings. The first-order valence-electron chi connectivity index (χ1n) is 8.38. The minimum Gasteiger partial charge on any atom is -0.496 e. The van der Waals surface area contributed by atoms with Crippen LogP contribution in [-0.2, 0) is 11.2 Å². The predicted octanol–water partition coefficient (Wildman–Crippen LogP) is 2.97. The third-order valence-electron chi connectivity index (χ3n) is 3.83. The molecular weight excluding hydrogens is 368 g/mol. The van der Waals surface area contributed by atoms with Gasteiger partial charge in [0, 0.05) is 11.4 Å². The molecule has 1 atom stereocenters. The summed E-state index contributed by atoms with van der Waals surface area (Å²) >= 11 is 3.32. The maximum absolute atomic E-state index is 12.6. The van der Waals surface area contributed by atoms with Crippen LogP contribution >= 0.6 is 23.1 Å². The summed E-state index contributed by atoms with van der Waals surface area (Å²) in [5.41, 5.74) is 0.426. The highest BCUT2D eigenvalue weighted by Gasteiger charge is 2.22. The second-order valence-corrected chi connectivity index (χ2v) is 7.65. The van der Waals surface area contributed by atoms with Crippen LogP contribution in [0.15, 0.2) is 41.8 Å². The molecule has 0 radical (unpaired) electrons. The van der Waals surface area contributed by atoms with Crippen LogP contribution in [0.4, 0.5) is 0 Å². The lowest BCUT2D eigenvalue weighted by atomic mass is 10.1. The fourth-order valence-electron chi connectivity index (χ4n) is 2.46. The monoisotopic (exact) mass is 392 g/mol. The van der Waals surface area contributed by atoms with Gasteiger partial charge in [0.1, 0.15) is 11.8 Å². The Morgan fingerprint density at radius 2 is 2.04 bits per heavy atom. The number of thioether (sulfide) groups is 1. The number of rotatable bonds is 10. The Balaban J connectivity index is 1.96. The maximum atomic E-state index is 12.6. The predicted molar refractivity (Wildman–Crippen MR) is 108 cm³/mol. The van der Waals surface area contributed by atoms with Crippen molar-refractivity contribution in [2.24, 2.45) is 0 Å². The van der Waals surface area contributed by atoms with Gasteiger partial charge in [-0.1, -0.05) is 18.2 Å². The summed E-state index contributed by atoms with van der Waals surface area (Å²) in [6.07, 6.45) is 3.35. The Hall–Kier alpha value is -1.99. The number of ether oxygens (including phenoxy) is 1. The molecule has 5 nitrogen and oxygen atoms in total. The first kappa shape index (κ1) is 20.3. The standard InChI is InChI=1S/C19H24N2O3S2/c1-24-17-8-4-3-7-15(17)18(22)21-16(10-13-25-2)19(23)20-11-9-14-6-5-12-26-14/h3-8,12,16H,9-11,13H2,1-2H3,(H,20,23)(H,21,22). The molecule has 1 heterocycles. The van der Waals surface area contributed by atoms with E-state index in [0.29, 0.717) is 24.3 Å². The van der Waals surface area contributed by atoms with Crippen molar-refractivity contribution in [2.45, 2.75) is 18.9 Å².